The van der Waals surface area contributed by atoms with Crippen LogP contribution in [0.2, 0.25) is 0 Å². The van der Waals surface area contributed by atoms with Gasteiger partial charge < -0.3 is 14.2 Å². The summed E-state index contributed by atoms with van der Waals surface area (Å²) in [4.78, 5) is 31.7. The van der Waals surface area contributed by atoms with Gasteiger partial charge in [0.2, 0.25) is 5.95 Å². The highest BCUT2D eigenvalue weighted by Gasteiger charge is 2.43. The molecular formula is C26H25FN6O. The predicted molar refractivity (Wildman–Crippen MR) is 127 cm³/mol. The van der Waals surface area contributed by atoms with E-state index in [1.807, 2.05) is 43.0 Å². The number of carbonyl (C=O) groups excluding carboxylic acids is 1. The molecule has 0 spiro atoms. The summed E-state index contributed by atoms with van der Waals surface area (Å²) in [5.41, 5.74) is 4.62. The molecule has 2 fully saturated rings. The lowest BCUT2D eigenvalue weighted by molar-refractivity contribution is 0.0785. The van der Waals surface area contributed by atoms with Gasteiger partial charge in [0.25, 0.3) is 5.91 Å². The van der Waals surface area contributed by atoms with Gasteiger partial charge >= 0.3 is 0 Å². The molecule has 6 rings (SSSR count). The minimum absolute atomic E-state index is 0.0293. The van der Waals surface area contributed by atoms with Crippen LogP contribution >= 0.6 is 0 Å². The maximum Gasteiger partial charge on any atom is 0.256 e. The Morgan fingerprint density at radius 2 is 1.71 bits per heavy atom. The highest BCUT2D eigenvalue weighted by Crippen LogP contribution is 2.36. The van der Waals surface area contributed by atoms with Crippen molar-refractivity contribution in [1.82, 2.24) is 24.3 Å². The number of halogens is 1. The number of aryl methyl sites for hydroxylation is 2. The van der Waals surface area contributed by atoms with Gasteiger partial charge in [-0.3, -0.25) is 9.78 Å². The number of amides is 1. The van der Waals surface area contributed by atoms with Crippen molar-refractivity contribution in [2.75, 3.05) is 31.1 Å². The maximum atomic E-state index is 13.9. The number of carbonyl (C=O) groups is 1. The van der Waals surface area contributed by atoms with Crippen LogP contribution < -0.4 is 4.90 Å². The zero-order valence-electron chi connectivity index (χ0n) is 19.1. The number of hydrogen-bond acceptors (Lipinski definition) is 5. The van der Waals surface area contributed by atoms with Crippen molar-refractivity contribution >= 4 is 17.4 Å². The first kappa shape index (κ1) is 20.8. The van der Waals surface area contributed by atoms with Crippen molar-refractivity contribution in [3.8, 4) is 11.3 Å². The molecule has 2 aliphatic heterocycles. The van der Waals surface area contributed by atoms with Crippen molar-refractivity contribution in [3.05, 3.63) is 77.8 Å². The van der Waals surface area contributed by atoms with E-state index >= 15 is 0 Å². The van der Waals surface area contributed by atoms with Gasteiger partial charge in [-0.1, -0.05) is 6.07 Å². The van der Waals surface area contributed by atoms with E-state index in [-0.39, 0.29) is 11.7 Å². The fourth-order valence-electron chi connectivity index (χ4n) is 5.42. The molecule has 0 N–H and O–H groups in total. The van der Waals surface area contributed by atoms with Crippen LogP contribution in [0.4, 0.5) is 10.3 Å². The molecule has 2 atom stereocenters. The van der Waals surface area contributed by atoms with E-state index in [4.69, 9.17) is 0 Å². The molecule has 0 aliphatic carbocycles. The molecule has 0 bridgehead atoms. The average Bonchev–Trinajstić information content (AvgIpc) is 3.49. The van der Waals surface area contributed by atoms with Crippen LogP contribution in [0.3, 0.4) is 0 Å². The topological polar surface area (TPSA) is 66.6 Å². The minimum atomic E-state index is -0.349. The molecule has 172 valence electrons. The Labute approximate surface area is 196 Å². The summed E-state index contributed by atoms with van der Waals surface area (Å²) in [5.74, 6) is 1.15. The molecule has 34 heavy (non-hydrogen) atoms. The molecule has 7 nitrogen and oxygen atoms in total. The fraction of sp³-hybridized carbons (Fsp3) is 0.308. The molecule has 4 aromatic heterocycles. The van der Waals surface area contributed by atoms with Crippen LogP contribution in [-0.2, 0) is 0 Å². The van der Waals surface area contributed by atoms with Crippen LogP contribution in [0.15, 0.2) is 55.0 Å². The van der Waals surface area contributed by atoms with Crippen LogP contribution in [0.1, 0.15) is 21.7 Å². The monoisotopic (exact) mass is 456 g/mol. The Hall–Kier alpha value is -3.81. The van der Waals surface area contributed by atoms with E-state index in [9.17, 15) is 9.18 Å². The number of fused-ring (bicyclic) bond motifs is 2. The zero-order chi connectivity index (χ0) is 23.4. The lowest BCUT2D eigenvalue weighted by atomic mass is 10.0. The van der Waals surface area contributed by atoms with Gasteiger partial charge in [-0.25, -0.2) is 14.4 Å². The maximum absolute atomic E-state index is 13.9. The number of nitrogens with zero attached hydrogens (tertiary/aromatic N) is 6. The first-order chi connectivity index (χ1) is 16.5. The van der Waals surface area contributed by atoms with Gasteiger partial charge in [-0.2, -0.15) is 0 Å². The zero-order valence-corrected chi connectivity index (χ0v) is 19.1. The summed E-state index contributed by atoms with van der Waals surface area (Å²) >= 11 is 0. The number of rotatable bonds is 3. The highest BCUT2D eigenvalue weighted by atomic mass is 19.1. The summed E-state index contributed by atoms with van der Waals surface area (Å²) in [5, 5.41) is 0. The normalized spacial score (nSPS) is 19.7. The van der Waals surface area contributed by atoms with E-state index in [1.54, 1.807) is 22.9 Å². The third-order valence-corrected chi connectivity index (χ3v) is 6.92. The Morgan fingerprint density at radius 1 is 0.971 bits per heavy atom. The van der Waals surface area contributed by atoms with Gasteiger partial charge in [-0.15, -0.1) is 0 Å². The molecule has 2 saturated heterocycles. The summed E-state index contributed by atoms with van der Waals surface area (Å²) < 4.78 is 15.6. The minimum Gasteiger partial charge on any atom is -0.340 e. The van der Waals surface area contributed by atoms with Crippen molar-refractivity contribution in [2.24, 2.45) is 11.8 Å². The lowest BCUT2D eigenvalue weighted by Crippen LogP contribution is -2.34. The third kappa shape index (κ3) is 3.50. The van der Waals surface area contributed by atoms with Gasteiger partial charge in [0.15, 0.2) is 0 Å². The van der Waals surface area contributed by atoms with Gasteiger partial charge in [0.1, 0.15) is 5.82 Å². The largest absolute Gasteiger partial charge is 0.340 e. The van der Waals surface area contributed by atoms with Gasteiger partial charge in [0.05, 0.1) is 16.8 Å². The molecule has 1 amide bonds. The Balaban J connectivity index is 1.28. The average molecular weight is 457 g/mol. The number of anilines is 1. The molecule has 0 saturated carbocycles. The summed E-state index contributed by atoms with van der Waals surface area (Å²) in [7, 11) is 0. The van der Waals surface area contributed by atoms with Crippen LogP contribution in [0.25, 0.3) is 16.8 Å². The standard InChI is InChI=1S/C26H25FN6O/c1-16-9-17(2)30-26(29-16)33-12-18-10-32(11-19(18)13-33)25(34)24-21(22-5-3-4-8-28-22)15-31-14-20(27)6-7-23(24)31/h3-9,14-15,18-19H,10-13H2,1-2H3/t18-,19+. The van der Waals surface area contributed by atoms with Crippen molar-refractivity contribution in [1.29, 1.82) is 0 Å². The van der Waals surface area contributed by atoms with Crippen LogP contribution in [0, 0.1) is 31.5 Å². The molecule has 8 heteroatoms. The van der Waals surface area contributed by atoms with Crippen molar-refractivity contribution in [3.63, 3.8) is 0 Å². The second-order valence-corrected chi connectivity index (χ2v) is 9.36. The number of hydrogen-bond donors (Lipinski definition) is 0. The van der Waals surface area contributed by atoms with Crippen LogP contribution in [-0.4, -0.2) is 56.3 Å². The second-order valence-electron chi connectivity index (χ2n) is 9.36. The van der Waals surface area contributed by atoms with E-state index < -0.39 is 0 Å². The molecule has 0 aromatic carbocycles. The fourth-order valence-corrected chi connectivity index (χ4v) is 5.42. The molecule has 0 unspecified atom stereocenters. The van der Waals surface area contributed by atoms with Gasteiger partial charge in [-0.05, 0) is 44.2 Å². The van der Waals surface area contributed by atoms with E-state index in [2.05, 4.69) is 19.9 Å². The number of likely N-dealkylation sites (tertiary alicyclic amines) is 1. The quantitative estimate of drug-likeness (QED) is 0.470. The van der Waals surface area contributed by atoms with Crippen molar-refractivity contribution < 1.29 is 9.18 Å². The molecule has 0 radical (unpaired) electrons. The molecule has 4 aromatic rings. The summed E-state index contributed by atoms with van der Waals surface area (Å²) in [6.07, 6.45) is 4.90. The third-order valence-electron chi connectivity index (χ3n) is 6.92. The predicted octanol–water partition coefficient (Wildman–Crippen LogP) is 3.76. The molecular weight excluding hydrogens is 431 g/mol. The summed E-state index contributed by atoms with van der Waals surface area (Å²) in [6.45, 7) is 7.03. The first-order valence-electron chi connectivity index (χ1n) is 11.5. The van der Waals surface area contributed by atoms with E-state index in [1.165, 1.54) is 12.3 Å². The van der Waals surface area contributed by atoms with Crippen LogP contribution in [0.5, 0.6) is 0 Å². The number of aromatic nitrogens is 4. The molecule has 2 aliphatic rings. The Bertz CT molecular complexity index is 1370. The SMILES string of the molecule is Cc1cc(C)nc(N2C[C@H]3CN(C(=O)c4c(-c5ccccn5)cn5cc(F)ccc45)C[C@H]3C2)n1. The first-order valence-corrected chi connectivity index (χ1v) is 11.5. The van der Waals surface area contributed by atoms with E-state index in [0.717, 1.165) is 36.0 Å². The number of pyridine rings is 2. The second kappa shape index (κ2) is 7.90. The van der Waals surface area contributed by atoms with Gasteiger partial charge in [0, 0.05) is 73.6 Å². The summed E-state index contributed by atoms with van der Waals surface area (Å²) in [6, 6.07) is 10.7. The smallest absolute Gasteiger partial charge is 0.256 e. The Morgan fingerprint density at radius 3 is 2.38 bits per heavy atom. The molecule has 6 heterocycles. The lowest BCUT2D eigenvalue weighted by Gasteiger charge is -2.22. The Kier molecular flexibility index (Phi) is 4.83. The van der Waals surface area contributed by atoms with E-state index in [0.29, 0.717) is 41.7 Å². The van der Waals surface area contributed by atoms with Crippen molar-refractivity contribution in [2.45, 2.75) is 13.8 Å². The highest BCUT2D eigenvalue weighted by molar-refractivity contribution is 6.07.